The molecule has 1 saturated heterocycles. The highest BCUT2D eigenvalue weighted by atomic mass is 127. The molecule has 0 amide bonds. The minimum absolute atomic E-state index is 0.191. The van der Waals surface area contributed by atoms with Crippen molar-refractivity contribution in [3.8, 4) is 0 Å². The molecular weight excluding hydrogens is 358 g/mol. The predicted octanol–water partition coefficient (Wildman–Crippen LogP) is 3.16. The Morgan fingerprint density at radius 1 is 1.32 bits per heavy atom. The minimum atomic E-state index is -0.191. The molecule has 104 valence electrons. The Kier molecular flexibility index (Phi) is 3.84. The van der Waals surface area contributed by atoms with Crippen LogP contribution in [0.2, 0.25) is 0 Å². The van der Waals surface area contributed by atoms with Crippen molar-refractivity contribution in [2.75, 3.05) is 23.8 Å². The van der Waals surface area contributed by atoms with E-state index in [9.17, 15) is 4.39 Å². The van der Waals surface area contributed by atoms with Gasteiger partial charge in [0.25, 0.3) is 0 Å². The van der Waals surface area contributed by atoms with Crippen LogP contribution in [0.15, 0.2) is 12.1 Å². The molecule has 2 N–H and O–H groups in total. The average Bonchev–Trinajstić information content (AvgIpc) is 2.42. The summed E-state index contributed by atoms with van der Waals surface area (Å²) in [5, 5.41) is 0. The van der Waals surface area contributed by atoms with Crippen LogP contribution in [0, 0.1) is 9.39 Å². The third-order valence-corrected chi connectivity index (χ3v) is 4.94. The minimum Gasteiger partial charge on any atom is -0.397 e. The number of benzene rings is 1. The highest BCUT2D eigenvalue weighted by Gasteiger charge is 2.35. The zero-order valence-electron chi connectivity index (χ0n) is 10.7. The molecule has 1 aliphatic carbocycles. The van der Waals surface area contributed by atoms with Crippen LogP contribution in [0.4, 0.5) is 15.8 Å². The van der Waals surface area contributed by atoms with Crippen LogP contribution in [0.25, 0.3) is 0 Å². The van der Waals surface area contributed by atoms with E-state index in [1.807, 2.05) is 22.6 Å². The fraction of sp³-hybridized carbons (Fsp3) is 0.571. The second kappa shape index (κ2) is 5.44. The number of ether oxygens (including phenoxy) is 1. The quantitative estimate of drug-likeness (QED) is 0.605. The summed E-state index contributed by atoms with van der Waals surface area (Å²) in [4.78, 5) is 2.25. The van der Waals surface area contributed by atoms with Gasteiger partial charge in [-0.1, -0.05) is 12.8 Å². The Hall–Kier alpha value is -0.560. The number of halogens is 2. The van der Waals surface area contributed by atoms with Crippen LogP contribution in [0.5, 0.6) is 0 Å². The summed E-state index contributed by atoms with van der Waals surface area (Å²) in [6, 6.07) is 3.65. The van der Waals surface area contributed by atoms with E-state index in [1.54, 1.807) is 12.1 Å². The molecule has 1 saturated carbocycles. The van der Waals surface area contributed by atoms with E-state index >= 15 is 0 Å². The molecule has 3 rings (SSSR count). The van der Waals surface area contributed by atoms with Crippen LogP contribution in [-0.2, 0) is 4.74 Å². The van der Waals surface area contributed by atoms with Crippen LogP contribution < -0.4 is 10.6 Å². The summed E-state index contributed by atoms with van der Waals surface area (Å²) in [5.74, 6) is -0.191. The molecule has 2 atom stereocenters. The summed E-state index contributed by atoms with van der Waals surface area (Å²) in [6.45, 7) is 1.50. The van der Waals surface area contributed by atoms with Crippen molar-refractivity contribution in [1.29, 1.82) is 0 Å². The van der Waals surface area contributed by atoms with Crippen LogP contribution in [0.1, 0.15) is 25.7 Å². The number of nitrogens with two attached hydrogens (primary N) is 1. The fourth-order valence-corrected chi connectivity index (χ4v) is 3.69. The van der Waals surface area contributed by atoms with Crippen molar-refractivity contribution in [2.45, 2.75) is 37.8 Å². The first kappa shape index (κ1) is 13.4. The first-order chi connectivity index (χ1) is 9.16. The van der Waals surface area contributed by atoms with Gasteiger partial charge in [0.2, 0.25) is 0 Å². The van der Waals surface area contributed by atoms with Gasteiger partial charge in [-0.2, -0.15) is 0 Å². The van der Waals surface area contributed by atoms with E-state index in [0.717, 1.165) is 25.1 Å². The third-order valence-electron chi connectivity index (χ3n) is 4.11. The highest BCUT2D eigenvalue weighted by molar-refractivity contribution is 14.1. The predicted molar refractivity (Wildman–Crippen MR) is 82.9 cm³/mol. The number of nitrogen functional groups attached to an aromatic ring is 1. The van der Waals surface area contributed by atoms with Crippen molar-refractivity contribution in [2.24, 2.45) is 0 Å². The standard InChI is InChI=1S/C14H18FIN2O/c15-9-7-13(11(17)8-10(9)16)18-5-6-19-14-4-2-1-3-12(14)18/h7-8,12,14H,1-6,17H2. The maximum atomic E-state index is 13.8. The fourth-order valence-electron chi connectivity index (χ4n) is 3.20. The van der Waals surface area contributed by atoms with Gasteiger partial charge in [0.05, 0.1) is 33.7 Å². The van der Waals surface area contributed by atoms with Crippen molar-refractivity contribution >= 4 is 34.0 Å². The van der Waals surface area contributed by atoms with Gasteiger partial charge in [-0.25, -0.2) is 4.39 Å². The van der Waals surface area contributed by atoms with Gasteiger partial charge in [0.1, 0.15) is 5.82 Å². The molecule has 2 aliphatic rings. The second-order valence-electron chi connectivity index (χ2n) is 5.28. The molecule has 1 aromatic rings. The molecule has 3 nitrogen and oxygen atoms in total. The van der Waals surface area contributed by atoms with Gasteiger partial charge in [-0.15, -0.1) is 0 Å². The SMILES string of the molecule is Nc1cc(I)c(F)cc1N1CCOC2CCCCC21. The number of nitrogens with zero attached hydrogens (tertiary/aromatic N) is 1. The maximum Gasteiger partial charge on any atom is 0.138 e. The Morgan fingerprint density at radius 2 is 2.11 bits per heavy atom. The first-order valence-corrected chi connectivity index (χ1v) is 7.87. The lowest BCUT2D eigenvalue weighted by Gasteiger charge is -2.45. The van der Waals surface area contributed by atoms with E-state index in [4.69, 9.17) is 10.5 Å². The Balaban J connectivity index is 1.93. The van der Waals surface area contributed by atoms with E-state index in [-0.39, 0.29) is 11.9 Å². The molecule has 0 radical (unpaired) electrons. The molecule has 1 heterocycles. The van der Waals surface area contributed by atoms with Gasteiger partial charge < -0.3 is 15.4 Å². The Labute approximate surface area is 126 Å². The molecule has 0 bridgehead atoms. The Morgan fingerprint density at radius 3 is 2.95 bits per heavy atom. The molecular formula is C14H18FIN2O. The van der Waals surface area contributed by atoms with Gasteiger partial charge in [0.15, 0.2) is 0 Å². The number of rotatable bonds is 1. The summed E-state index contributed by atoms with van der Waals surface area (Å²) < 4.78 is 20.2. The molecule has 0 aromatic heterocycles. The molecule has 1 aliphatic heterocycles. The largest absolute Gasteiger partial charge is 0.397 e. The Bertz CT molecular complexity index is 481. The van der Waals surface area contributed by atoms with Crippen molar-refractivity contribution < 1.29 is 9.13 Å². The summed E-state index contributed by atoms with van der Waals surface area (Å²) >= 11 is 1.98. The number of hydrogen-bond donors (Lipinski definition) is 1. The highest BCUT2D eigenvalue weighted by Crippen LogP contribution is 2.35. The normalized spacial score (nSPS) is 27.2. The zero-order chi connectivity index (χ0) is 13.4. The van der Waals surface area contributed by atoms with E-state index in [0.29, 0.717) is 21.9 Å². The monoisotopic (exact) mass is 376 g/mol. The zero-order valence-corrected chi connectivity index (χ0v) is 12.9. The molecule has 1 aromatic carbocycles. The molecule has 2 fully saturated rings. The van der Waals surface area contributed by atoms with Crippen LogP contribution in [-0.4, -0.2) is 25.3 Å². The van der Waals surface area contributed by atoms with Crippen molar-refractivity contribution in [1.82, 2.24) is 0 Å². The van der Waals surface area contributed by atoms with E-state index in [2.05, 4.69) is 4.90 Å². The van der Waals surface area contributed by atoms with Gasteiger partial charge in [0, 0.05) is 12.6 Å². The maximum absolute atomic E-state index is 13.8. The van der Waals surface area contributed by atoms with Crippen LogP contribution in [0.3, 0.4) is 0 Å². The van der Waals surface area contributed by atoms with Gasteiger partial charge >= 0.3 is 0 Å². The average molecular weight is 376 g/mol. The lowest BCUT2D eigenvalue weighted by Crippen LogP contribution is -2.53. The van der Waals surface area contributed by atoms with E-state index < -0.39 is 0 Å². The molecule has 0 spiro atoms. The van der Waals surface area contributed by atoms with Crippen LogP contribution >= 0.6 is 22.6 Å². The topological polar surface area (TPSA) is 38.5 Å². The number of anilines is 2. The number of fused-ring (bicyclic) bond motifs is 1. The van der Waals surface area contributed by atoms with Gasteiger partial charge in [-0.3, -0.25) is 0 Å². The van der Waals surface area contributed by atoms with E-state index in [1.165, 1.54) is 12.8 Å². The van der Waals surface area contributed by atoms with Crippen molar-refractivity contribution in [3.05, 3.63) is 21.5 Å². The molecule has 5 heteroatoms. The second-order valence-corrected chi connectivity index (χ2v) is 6.44. The lowest BCUT2D eigenvalue weighted by atomic mass is 9.89. The lowest BCUT2D eigenvalue weighted by molar-refractivity contribution is -0.00864. The first-order valence-electron chi connectivity index (χ1n) is 6.79. The molecule has 19 heavy (non-hydrogen) atoms. The molecule has 2 unspecified atom stereocenters. The van der Waals surface area contributed by atoms with Gasteiger partial charge in [-0.05, 0) is 41.5 Å². The number of morpholine rings is 1. The summed E-state index contributed by atoms with van der Waals surface area (Å²) in [6.07, 6.45) is 4.94. The third kappa shape index (κ3) is 2.54. The summed E-state index contributed by atoms with van der Waals surface area (Å²) in [5.41, 5.74) is 7.58. The summed E-state index contributed by atoms with van der Waals surface area (Å²) in [7, 11) is 0. The number of hydrogen-bond acceptors (Lipinski definition) is 3. The smallest absolute Gasteiger partial charge is 0.138 e. The van der Waals surface area contributed by atoms with Crippen molar-refractivity contribution in [3.63, 3.8) is 0 Å².